The van der Waals surface area contributed by atoms with Crippen LogP contribution in [-0.2, 0) is 0 Å². The molecule has 0 fully saturated rings. The van der Waals surface area contributed by atoms with E-state index in [1.165, 1.54) is 0 Å². The van der Waals surface area contributed by atoms with Crippen LogP contribution in [0.4, 0.5) is 0 Å². The van der Waals surface area contributed by atoms with Crippen molar-refractivity contribution >= 4 is 16.9 Å². The molecule has 0 atom stereocenters. The third-order valence-electron chi connectivity index (χ3n) is 2.35. The van der Waals surface area contributed by atoms with Gasteiger partial charge in [0.25, 0.3) is 0 Å². The Hall–Kier alpha value is -1.77. The van der Waals surface area contributed by atoms with Crippen molar-refractivity contribution in [1.82, 2.24) is 4.98 Å². The van der Waals surface area contributed by atoms with E-state index in [1.807, 2.05) is 25.1 Å². The summed E-state index contributed by atoms with van der Waals surface area (Å²) in [5.74, 6) is -0.880. The average Bonchev–Trinajstić information content (AvgIpc) is 2.43. The molecule has 14 heavy (non-hydrogen) atoms. The average molecular weight is 189 g/mol. The molecule has 3 heteroatoms. The fraction of sp³-hybridized carbons (Fsp3) is 0.182. The molecule has 2 aromatic rings. The molecule has 0 aliphatic heterocycles. The van der Waals surface area contributed by atoms with Crippen LogP contribution in [0.15, 0.2) is 18.2 Å². The molecule has 0 spiro atoms. The number of nitrogens with one attached hydrogen (secondary N) is 1. The number of aryl methyl sites for hydroxylation is 2. The van der Waals surface area contributed by atoms with Crippen molar-refractivity contribution in [2.45, 2.75) is 13.8 Å². The highest BCUT2D eigenvalue weighted by Gasteiger charge is 2.12. The Kier molecular flexibility index (Phi) is 1.81. The second kappa shape index (κ2) is 2.87. The molecule has 0 aliphatic rings. The van der Waals surface area contributed by atoms with E-state index in [0.717, 1.165) is 22.2 Å². The summed E-state index contributed by atoms with van der Waals surface area (Å²) < 4.78 is 0. The summed E-state index contributed by atoms with van der Waals surface area (Å²) in [5, 5.41) is 10.0. The van der Waals surface area contributed by atoms with Gasteiger partial charge in [0.05, 0.1) is 11.1 Å². The summed E-state index contributed by atoms with van der Waals surface area (Å²) >= 11 is 0. The highest BCUT2D eigenvalue weighted by Crippen LogP contribution is 2.22. The molecule has 0 bridgehead atoms. The van der Waals surface area contributed by atoms with Gasteiger partial charge in [-0.25, -0.2) is 4.79 Å². The second-order valence-corrected chi connectivity index (χ2v) is 3.48. The highest BCUT2D eigenvalue weighted by atomic mass is 16.4. The van der Waals surface area contributed by atoms with Crippen LogP contribution < -0.4 is 0 Å². The van der Waals surface area contributed by atoms with Gasteiger partial charge in [-0.3, -0.25) is 0 Å². The van der Waals surface area contributed by atoms with Crippen LogP contribution >= 0.6 is 0 Å². The Balaban J connectivity index is 2.88. The van der Waals surface area contributed by atoms with Crippen molar-refractivity contribution < 1.29 is 9.90 Å². The monoisotopic (exact) mass is 189 g/mol. The molecule has 1 aromatic carbocycles. The van der Waals surface area contributed by atoms with Crippen LogP contribution in [0.2, 0.25) is 0 Å². The summed E-state index contributed by atoms with van der Waals surface area (Å²) in [4.78, 5) is 14.1. The van der Waals surface area contributed by atoms with Gasteiger partial charge in [-0.1, -0.05) is 12.1 Å². The molecule has 2 rings (SSSR count). The predicted octanol–water partition coefficient (Wildman–Crippen LogP) is 2.48. The number of carbonyl (C=O) groups is 1. The van der Waals surface area contributed by atoms with Crippen molar-refractivity contribution in [3.05, 3.63) is 35.0 Å². The molecule has 1 aromatic heterocycles. The molecule has 1 heterocycles. The third kappa shape index (κ3) is 1.18. The number of aromatic carboxylic acids is 1. The lowest BCUT2D eigenvalue weighted by atomic mass is 10.1. The number of fused-ring (bicyclic) bond motifs is 1. The van der Waals surface area contributed by atoms with Crippen LogP contribution in [0, 0.1) is 13.8 Å². The van der Waals surface area contributed by atoms with Gasteiger partial charge in [0.1, 0.15) is 0 Å². The largest absolute Gasteiger partial charge is 0.478 e. The van der Waals surface area contributed by atoms with Crippen LogP contribution in [0.3, 0.4) is 0 Å². The summed E-state index contributed by atoms with van der Waals surface area (Å²) in [5.41, 5.74) is 2.85. The van der Waals surface area contributed by atoms with Gasteiger partial charge in [0, 0.05) is 11.1 Å². The molecule has 0 saturated heterocycles. The zero-order valence-corrected chi connectivity index (χ0v) is 8.09. The maximum Gasteiger partial charge on any atom is 0.338 e. The number of aromatic nitrogens is 1. The third-order valence-corrected chi connectivity index (χ3v) is 2.35. The van der Waals surface area contributed by atoms with Gasteiger partial charge >= 0.3 is 5.97 Å². The van der Waals surface area contributed by atoms with Gasteiger partial charge in [0.15, 0.2) is 0 Å². The standard InChI is InChI=1S/C11H11NO2/c1-6-3-4-8-5-7(2)12-10(8)9(6)11(13)14/h3-5,12H,1-2H3,(H,13,14). The topological polar surface area (TPSA) is 53.1 Å². The summed E-state index contributed by atoms with van der Waals surface area (Å²) in [6.45, 7) is 3.72. The maximum atomic E-state index is 11.0. The minimum Gasteiger partial charge on any atom is -0.478 e. The summed E-state index contributed by atoms with van der Waals surface area (Å²) in [6, 6.07) is 5.71. The number of carboxylic acid groups (broad SMARTS) is 1. The van der Waals surface area contributed by atoms with Crippen LogP contribution in [-0.4, -0.2) is 16.1 Å². The Labute approximate surface area is 81.4 Å². The molecule has 3 nitrogen and oxygen atoms in total. The fourth-order valence-electron chi connectivity index (χ4n) is 1.72. The number of H-pyrrole nitrogens is 1. The van der Waals surface area contributed by atoms with Crippen molar-refractivity contribution in [2.24, 2.45) is 0 Å². The number of benzene rings is 1. The quantitative estimate of drug-likeness (QED) is 0.724. The van der Waals surface area contributed by atoms with E-state index >= 15 is 0 Å². The first kappa shape index (κ1) is 8.81. The normalized spacial score (nSPS) is 10.7. The Morgan fingerprint density at radius 2 is 2.07 bits per heavy atom. The lowest BCUT2D eigenvalue weighted by molar-refractivity contribution is 0.0698. The molecule has 0 aliphatic carbocycles. The predicted molar refractivity (Wildman–Crippen MR) is 54.7 cm³/mol. The number of hydrogen-bond donors (Lipinski definition) is 2. The molecule has 0 amide bonds. The van der Waals surface area contributed by atoms with Gasteiger partial charge in [-0.05, 0) is 25.5 Å². The first-order valence-electron chi connectivity index (χ1n) is 4.42. The van der Waals surface area contributed by atoms with Gasteiger partial charge in [-0.2, -0.15) is 0 Å². The van der Waals surface area contributed by atoms with Crippen LogP contribution in [0.5, 0.6) is 0 Å². The van der Waals surface area contributed by atoms with Gasteiger partial charge < -0.3 is 10.1 Å². The van der Waals surface area contributed by atoms with E-state index in [1.54, 1.807) is 6.92 Å². The molecule has 0 radical (unpaired) electrons. The minimum absolute atomic E-state index is 0.371. The van der Waals surface area contributed by atoms with Crippen LogP contribution in [0.25, 0.3) is 10.9 Å². The minimum atomic E-state index is -0.880. The number of carboxylic acids is 1. The van der Waals surface area contributed by atoms with E-state index in [4.69, 9.17) is 5.11 Å². The van der Waals surface area contributed by atoms with Crippen LogP contribution in [0.1, 0.15) is 21.6 Å². The first-order chi connectivity index (χ1) is 6.59. The summed E-state index contributed by atoms with van der Waals surface area (Å²) in [7, 11) is 0. The van der Waals surface area contributed by atoms with Crippen molar-refractivity contribution in [3.8, 4) is 0 Å². The smallest absolute Gasteiger partial charge is 0.338 e. The van der Waals surface area contributed by atoms with E-state index in [0.29, 0.717) is 5.56 Å². The number of hydrogen-bond acceptors (Lipinski definition) is 1. The number of rotatable bonds is 1. The Morgan fingerprint density at radius 3 is 2.71 bits per heavy atom. The lowest BCUT2D eigenvalue weighted by Gasteiger charge is -2.01. The van der Waals surface area contributed by atoms with Crippen molar-refractivity contribution in [2.75, 3.05) is 0 Å². The number of aromatic amines is 1. The Morgan fingerprint density at radius 1 is 1.36 bits per heavy atom. The zero-order valence-electron chi connectivity index (χ0n) is 8.09. The molecule has 0 saturated carbocycles. The van der Waals surface area contributed by atoms with E-state index < -0.39 is 5.97 Å². The van der Waals surface area contributed by atoms with Gasteiger partial charge in [-0.15, -0.1) is 0 Å². The SMILES string of the molecule is Cc1cc2ccc(C)c(C(=O)O)c2[nH]1. The molecule has 2 N–H and O–H groups in total. The fourth-order valence-corrected chi connectivity index (χ4v) is 1.72. The second-order valence-electron chi connectivity index (χ2n) is 3.48. The zero-order chi connectivity index (χ0) is 10.3. The van der Waals surface area contributed by atoms with Gasteiger partial charge in [0.2, 0.25) is 0 Å². The Bertz CT molecular complexity index is 511. The van der Waals surface area contributed by atoms with E-state index in [2.05, 4.69) is 4.98 Å². The maximum absolute atomic E-state index is 11.0. The van der Waals surface area contributed by atoms with Crippen molar-refractivity contribution in [3.63, 3.8) is 0 Å². The highest BCUT2D eigenvalue weighted by molar-refractivity contribution is 6.03. The molecular formula is C11H11NO2. The molecule has 0 unspecified atom stereocenters. The van der Waals surface area contributed by atoms with Crippen molar-refractivity contribution in [1.29, 1.82) is 0 Å². The summed E-state index contributed by atoms with van der Waals surface area (Å²) in [6.07, 6.45) is 0. The molecular weight excluding hydrogens is 178 g/mol. The van der Waals surface area contributed by atoms with E-state index in [9.17, 15) is 4.79 Å². The lowest BCUT2D eigenvalue weighted by Crippen LogP contribution is -2.00. The van der Waals surface area contributed by atoms with E-state index in [-0.39, 0.29) is 0 Å². The molecule has 72 valence electrons. The first-order valence-corrected chi connectivity index (χ1v) is 4.42.